The highest BCUT2D eigenvalue weighted by Gasteiger charge is 2.09. The summed E-state index contributed by atoms with van der Waals surface area (Å²) in [7, 11) is 0. The molecule has 0 saturated carbocycles. The molecule has 0 aliphatic heterocycles. The Morgan fingerprint density at radius 2 is 1.50 bits per heavy atom. The van der Waals surface area contributed by atoms with Gasteiger partial charge in [-0.25, -0.2) is 0 Å². The van der Waals surface area contributed by atoms with Crippen molar-refractivity contribution in [3.8, 4) is 0 Å². The van der Waals surface area contributed by atoms with Gasteiger partial charge >= 0.3 is 0 Å². The number of benzene rings is 1. The van der Waals surface area contributed by atoms with E-state index in [0.717, 1.165) is 10.6 Å². The Morgan fingerprint density at radius 3 is 1.93 bits per heavy atom. The number of aliphatic hydroxyl groups excluding tert-OH is 2. The van der Waals surface area contributed by atoms with E-state index in [4.69, 9.17) is 10.2 Å². The van der Waals surface area contributed by atoms with Gasteiger partial charge in [0.2, 0.25) is 0 Å². The topological polar surface area (TPSA) is 44.9 Å². The number of hydrogen-bond donors (Lipinski definition) is 3. The minimum absolute atomic E-state index is 0.142. The minimum Gasteiger partial charge on any atom is -0.391 e. The molecule has 3 nitrogen and oxygen atoms in total. The van der Waals surface area contributed by atoms with Crippen LogP contribution in [0.4, 0.5) is 5.69 Å². The van der Waals surface area contributed by atoms with E-state index in [0.29, 0.717) is 13.1 Å². The van der Waals surface area contributed by atoms with Crippen LogP contribution in [0.25, 0.3) is 0 Å². The Balaban J connectivity index is 2.71. The molecule has 0 aliphatic rings. The van der Waals surface area contributed by atoms with Crippen molar-refractivity contribution in [3.05, 3.63) is 29.8 Å². The second kappa shape index (κ2) is 5.75. The highest BCUT2D eigenvalue weighted by Crippen LogP contribution is 2.03. The lowest BCUT2D eigenvalue weighted by molar-refractivity contribution is -0.833. The van der Waals surface area contributed by atoms with Crippen LogP contribution in [-0.4, -0.2) is 36.5 Å². The molecule has 14 heavy (non-hydrogen) atoms. The molecule has 0 amide bonds. The average Bonchev–Trinajstić information content (AvgIpc) is 2.19. The third-order valence-corrected chi connectivity index (χ3v) is 2.29. The van der Waals surface area contributed by atoms with Crippen LogP contribution in [0.1, 0.15) is 5.56 Å². The second-order valence-electron chi connectivity index (χ2n) is 3.42. The van der Waals surface area contributed by atoms with Crippen LogP contribution in [0, 0.1) is 6.92 Å². The molecule has 0 bridgehead atoms. The monoisotopic (exact) mass is 196 g/mol. The van der Waals surface area contributed by atoms with E-state index in [2.05, 4.69) is 0 Å². The van der Waals surface area contributed by atoms with Gasteiger partial charge in [0.15, 0.2) is 0 Å². The Kier molecular flexibility index (Phi) is 4.59. The van der Waals surface area contributed by atoms with Crippen LogP contribution >= 0.6 is 0 Å². The Bertz CT molecular complexity index is 252. The standard InChI is InChI=1S/C11H17NO2/c1-10-2-4-11(5-3-10)12(6-8-13)7-9-14/h2-5,13-14H,6-9H2,1H3/p+1. The molecular formula is C11H18NO2+. The molecule has 78 valence electrons. The van der Waals surface area contributed by atoms with Gasteiger partial charge in [-0.1, -0.05) is 17.7 Å². The molecule has 0 fully saturated rings. The number of hydrogen-bond acceptors (Lipinski definition) is 2. The molecule has 0 aliphatic carbocycles. The van der Waals surface area contributed by atoms with Gasteiger partial charge in [0.05, 0.1) is 13.2 Å². The summed E-state index contributed by atoms with van der Waals surface area (Å²) in [6.45, 7) is 3.61. The summed E-state index contributed by atoms with van der Waals surface area (Å²) in [6.07, 6.45) is 0. The van der Waals surface area contributed by atoms with E-state index in [1.165, 1.54) is 5.56 Å². The van der Waals surface area contributed by atoms with Crippen molar-refractivity contribution >= 4 is 5.69 Å². The predicted octanol–water partition coefficient (Wildman–Crippen LogP) is -0.504. The van der Waals surface area contributed by atoms with Crippen LogP contribution in [0.15, 0.2) is 24.3 Å². The van der Waals surface area contributed by atoms with Crippen LogP contribution in [0.5, 0.6) is 0 Å². The molecule has 0 saturated heterocycles. The van der Waals surface area contributed by atoms with Gasteiger partial charge in [0.25, 0.3) is 0 Å². The zero-order valence-corrected chi connectivity index (χ0v) is 8.53. The largest absolute Gasteiger partial charge is 0.391 e. The molecule has 0 aromatic heterocycles. The van der Waals surface area contributed by atoms with Gasteiger partial charge < -0.3 is 10.2 Å². The van der Waals surface area contributed by atoms with E-state index in [-0.39, 0.29) is 13.2 Å². The van der Waals surface area contributed by atoms with Crippen molar-refractivity contribution in [2.75, 3.05) is 26.3 Å². The summed E-state index contributed by atoms with van der Waals surface area (Å²) in [5, 5.41) is 17.8. The Hall–Kier alpha value is -0.900. The summed E-state index contributed by atoms with van der Waals surface area (Å²) in [5.41, 5.74) is 2.35. The molecule has 0 spiro atoms. The van der Waals surface area contributed by atoms with Gasteiger partial charge in [-0.05, 0) is 19.1 Å². The summed E-state index contributed by atoms with van der Waals surface area (Å²) < 4.78 is 0. The molecule has 3 N–H and O–H groups in total. The maximum atomic E-state index is 8.88. The van der Waals surface area contributed by atoms with Gasteiger partial charge in [-0.15, -0.1) is 0 Å². The lowest BCUT2D eigenvalue weighted by Gasteiger charge is -2.16. The zero-order chi connectivity index (χ0) is 10.4. The third-order valence-electron chi connectivity index (χ3n) is 2.29. The number of quaternary nitrogens is 1. The third kappa shape index (κ3) is 3.10. The molecule has 0 unspecified atom stereocenters. The quantitative estimate of drug-likeness (QED) is 0.594. The van der Waals surface area contributed by atoms with Crippen molar-refractivity contribution in [1.82, 2.24) is 0 Å². The fourth-order valence-electron chi connectivity index (χ4n) is 1.47. The molecule has 1 aromatic rings. The lowest BCUT2D eigenvalue weighted by Crippen LogP contribution is -3.08. The fourth-order valence-corrected chi connectivity index (χ4v) is 1.47. The van der Waals surface area contributed by atoms with Crippen LogP contribution in [0.3, 0.4) is 0 Å². The normalized spacial score (nSPS) is 10.9. The van der Waals surface area contributed by atoms with E-state index in [1.807, 2.05) is 31.2 Å². The number of rotatable bonds is 5. The van der Waals surface area contributed by atoms with E-state index in [9.17, 15) is 0 Å². The highest BCUT2D eigenvalue weighted by atomic mass is 16.3. The van der Waals surface area contributed by atoms with Gasteiger partial charge in [-0.2, -0.15) is 0 Å². The van der Waals surface area contributed by atoms with Gasteiger partial charge in [-0.3, -0.25) is 4.90 Å². The summed E-state index contributed by atoms with van der Waals surface area (Å²) in [5.74, 6) is 0. The summed E-state index contributed by atoms with van der Waals surface area (Å²) in [4.78, 5) is 1.12. The van der Waals surface area contributed by atoms with Crippen molar-refractivity contribution in [3.63, 3.8) is 0 Å². The lowest BCUT2D eigenvalue weighted by atomic mass is 10.2. The molecule has 3 heteroatoms. The Morgan fingerprint density at radius 1 is 1.00 bits per heavy atom. The summed E-state index contributed by atoms with van der Waals surface area (Å²) >= 11 is 0. The number of aryl methyl sites for hydroxylation is 1. The van der Waals surface area contributed by atoms with Crippen molar-refractivity contribution < 1.29 is 15.1 Å². The molecule has 1 aromatic carbocycles. The number of aliphatic hydroxyl groups is 2. The van der Waals surface area contributed by atoms with Crippen LogP contribution in [-0.2, 0) is 0 Å². The first-order chi connectivity index (χ1) is 6.77. The molecule has 0 heterocycles. The SMILES string of the molecule is Cc1ccc([NH+](CCO)CCO)cc1. The van der Waals surface area contributed by atoms with Crippen LogP contribution < -0.4 is 4.90 Å². The predicted molar refractivity (Wildman–Crippen MR) is 55.7 cm³/mol. The molecule has 1 rings (SSSR count). The minimum atomic E-state index is 0.142. The Labute approximate surface area is 84.6 Å². The maximum absolute atomic E-state index is 8.88. The highest BCUT2D eigenvalue weighted by molar-refractivity contribution is 5.31. The van der Waals surface area contributed by atoms with Crippen molar-refractivity contribution in [2.24, 2.45) is 0 Å². The van der Waals surface area contributed by atoms with E-state index in [1.54, 1.807) is 0 Å². The van der Waals surface area contributed by atoms with Crippen molar-refractivity contribution in [1.29, 1.82) is 0 Å². The van der Waals surface area contributed by atoms with Gasteiger partial charge in [0.1, 0.15) is 18.8 Å². The molecular weight excluding hydrogens is 178 g/mol. The molecule has 0 atom stereocenters. The fraction of sp³-hybridized carbons (Fsp3) is 0.455. The first kappa shape index (κ1) is 11.2. The maximum Gasteiger partial charge on any atom is 0.131 e. The summed E-state index contributed by atoms with van der Waals surface area (Å²) in [6, 6.07) is 8.17. The van der Waals surface area contributed by atoms with E-state index < -0.39 is 0 Å². The number of nitrogens with one attached hydrogen (secondary N) is 1. The first-order valence-electron chi connectivity index (χ1n) is 4.91. The smallest absolute Gasteiger partial charge is 0.131 e. The molecule has 0 radical (unpaired) electrons. The van der Waals surface area contributed by atoms with Gasteiger partial charge in [0, 0.05) is 0 Å². The first-order valence-corrected chi connectivity index (χ1v) is 4.91. The van der Waals surface area contributed by atoms with Crippen molar-refractivity contribution in [2.45, 2.75) is 6.92 Å². The van der Waals surface area contributed by atoms with E-state index >= 15 is 0 Å². The van der Waals surface area contributed by atoms with Crippen LogP contribution in [0.2, 0.25) is 0 Å². The zero-order valence-electron chi connectivity index (χ0n) is 8.53. The second-order valence-corrected chi connectivity index (χ2v) is 3.42. The average molecular weight is 196 g/mol.